The Morgan fingerprint density at radius 2 is 1.47 bits per heavy atom. The zero-order valence-electron chi connectivity index (χ0n) is 15.4. The number of hydrogen-bond acceptors (Lipinski definition) is 4. The summed E-state index contributed by atoms with van der Waals surface area (Å²) in [6.07, 6.45) is 0. The van der Waals surface area contributed by atoms with Gasteiger partial charge in [0, 0.05) is 26.9 Å². The maximum atomic E-state index is 12.9. The van der Waals surface area contributed by atoms with E-state index in [2.05, 4.69) is 10.3 Å². The van der Waals surface area contributed by atoms with E-state index in [1.165, 1.54) is 6.07 Å². The number of carbonyl (C=O) groups is 2. The van der Waals surface area contributed by atoms with E-state index >= 15 is 0 Å². The van der Waals surface area contributed by atoms with Crippen LogP contribution in [0.15, 0.2) is 83.4 Å². The van der Waals surface area contributed by atoms with E-state index in [-0.39, 0.29) is 28.3 Å². The molecule has 0 saturated heterocycles. The molecule has 0 saturated carbocycles. The summed E-state index contributed by atoms with van der Waals surface area (Å²) in [4.78, 5) is 30.0. The number of fused-ring (bicyclic) bond motifs is 1. The molecule has 0 fully saturated rings. The number of carbonyl (C=O) groups excluding carboxylic acids is 2. The second-order valence-corrected chi connectivity index (χ2v) is 7.38. The molecule has 0 unspecified atom stereocenters. The van der Waals surface area contributed by atoms with Gasteiger partial charge in [0.1, 0.15) is 17.2 Å². The number of benzene rings is 3. The van der Waals surface area contributed by atoms with Gasteiger partial charge in [0.05, 0.1) is 5.69 Å². The first-order chi connectivity index (χ1) is 14.4. The number of Topliss-reactive ketones (excluding diaryl/α,β-unsaturated/α-hetero) is 2. The van der Waals surface area contributed by atoms with Crippen molar-refractivity contribution in [3.8, 4) is 0 Å². The zero-order valence-corrected chi connectivity index (χ0v) is 16.9. The van der Waals surface area contributed by atoms with Crippen LogP contribution in [0.3, 0.4) is 0 Å². The van der Waals surface area contributed by atoms with E-state index in [9.17, 15) is 14.7 Å². The third kappa shape index (κ3) is 3.85. The molecule has 0 aromatic heterocycles. The number of aliphatic imine (C=N–C) groups is 1. The van der Waals surface area contributed by atoms with Crippen LogP contribution in [0, 0.1) is 0 Å². The minimum absolute atomic E-state index is 0.00452. The largest absolute Gasteiger partial charge is 0.506 e. The molecule has 5 nitrogen and oxygen atoms in total. The summed E-state index contributed by atoms with van der Waals surface area (Å²) in [5, 5.41) is 14.8. The third-order valence-electron chi connectivity index (χ3n) is 4.47. The van der Waals surface area contributed by atoms with Crippen LogP contribution >= 0.6 is 23.2 Å². The van der Waals surface area contributed by atoms with Gasteiger partial charge in [-0.15, -0.1) is 0 Å². The summed E-state index contributed by atoms with van der Waals surface area (Å²) in [6, 6.07) is 19.8. The van der Waals surface area contributed by atoms with Crippen molar-refractivity contribution in [3.63, 3.8) is 0 Å². The van der Waals surface area contributed by atoms with E-state index in [4.69, 9.17) is 23.2 Å². The number of nitrogens with one attached hydrogen (secondary N) is 1. The number of aliphatic hydroxyl groups is 1. The van der Waals surface area contributed by atoms with Crippen LogP contribution in [-0.4, -0.2) is 22.5 Å². The van der Waals surface area contributed by atoms with Crippen molar-refractivity contribution in [1.82, 2.24) is 0 Å². The molecule has 30 heavy (non-hydrogen) atoms. The summed E-state index contributed by atoms with van der Waals surface area (Å²) >= 11 is 12.1. The molecular formula is C23H14Cl2N2O3. The fraction of sp³-hybridized carbons (Fsp3) is 0. The van der Waals surface area contributed by atoms with Crippen molar-refractivity contribution >= 4 is 57.7 Å². The molecule has 0 heterocycles. The Balaban J connectivity index is 1.91. The number of ketones is 2. The number of hydrogen-bond donors (Lipinski definition) is 2. The summed E-state index contributed by atoms with van der Waals surface area (Å²) < 4.78 is 0. The summed E-state index contributed by atoms with van der Waals surface area (Å²) in [7, 11) is 0. The smallest absolute Gasteiger partial charge is 0.241 e. The Morgan fingerprint density at radius 1 is 0.800 bits per heavy atom. The van der Waals surface area contributed by atoms with Crippen LogP contribution < -0.4 is 5.32 Å². The fourth-order valence-electron chi connectivity index (χ4n) is 3.11. The quantitative estimate of drug-likeness (QED) is 0.305. The number of anilines is 1. The van der Waals surface area contributed by atoms with Crippen molar-refractivity contribution in [2.45, 2.75) is 0 Å². The topological polar surface area (TPSA) is 78.8 Å². The van der Waals surface area contributed by atoms with Crippen molar-refractivity contribution in [3.05, 3.63) is 99.5 Å². The number of rotatable bonds is 3. The van der Waals surface area contributed by atoms with E-state index in [0.717, 1.165) is 0 Å². The highest BCUT2D eigenvalue weighted by atomic mass is 35.5. The Kier molecular flexibility index (Phi) is 5.40. The first-order valence-electron chi connectivity index (χ1n) is 8.93. The van der Waals surface area contributed by atoms with E-state index in [0.29, 0.717) is 21.4 Å². The number of halogens is 2. The van der Waals surface area contributed by atoms with Crippen molar-refractivity contribution in [2.75, 3.05) is 5.32 Å². The molecule has 0 aliphatic heterocycles. The highest BCUT2D eigenvalue weighted by molar-refractivity contribution is 6.58. The molecule has 1 aliphatic rings. The lowest BCUT2D eigenvalue weighted by molar-refractivity contribution is -0.111. The molecule has 3 aromatic carbocycles. The average molecular weight is 437 g/mol. The second-order valence-electron chi connectivity index (χ2n) is 6.50. The van der Waals surface area contributed by atoms with Gasteiger partial charge in [-0.1, -0.05) is 59.6 Å². The third-order valence-corrected chi connectivity index (χ3v) is 4.94. The number of amidine groups is 1. The Bertz CT molecular complexity index is 1250. The lowest BCUT2D eigenvalue weighted by Crippen LogP contribution is -2.31. The van der Waals surface area contributed by atoms with Crippen LogP contribution in [0.2, 0.25) is 10.0 Å². The van der Waals surface area contributed by atoms with E-state index < -0.39 is 11.6 Å². The molecule has 0 atom stereocenters. The van der Waals surface area contributed by atoms with Gasteiger partial charge in [-0.2, -0.15) is 0 Å². The number of aliphatic hydroxyl groups excluding tert-OH is 1. The highest BCUT2D eigenvalue weighted by Gasteiger charge is 2.35. The molecule has 2 N–H and O–H groups in total. The predicted molar refractivity (Wildman–Crippen MR) is 119 cm³/mol. The Morgan fingerprint density at radius 3 is 2.17 bits per heavy atom. The Hall–Kier alpha value is -3.41. The predicted octanol–water partition coefficient (Wildman–Crippen LogP) is 5.87. The van der Waals surface area contributed by atoms with Crippen molar-refractivity contribution in [1.29, 1.82) is 0 Å². The van der Waals surface area contributed by atoms with Gasteiger partial charge in [0.15, 0.2) is 0 Å². The molecule has 148 valence electrons. The van der Waals surface area contributed by atoms with Crippen LogP contribution in [-0.2, 0) is 4.79 Å². The first kappa shape index (κ1) is 19.9. The van der Waals surface area contributed by atoms with Gasteiger partial charge in [-0.05, 0) is 36.4 Å². The molecule has 0 spiro atoms. The van der Waals surface area contributed by atoms with Crippen LogP contribution in [0.1, 0.15) is 15.9 Å². The molecule has 1 aliphatic carbocycles. The number of nitrogens with zero attached hydrogens (tertiary/aromatic N) is 1. The minimum Gasteiger partial charge on any atom is -0.506 e. The molecule has 7 heteroatoms. The summed E-state index contributed by atoms with van der Waals surface area (Å²) in [5.74, 6) is -1.90. The minimum atomic E-state index is -0.860. The van der Waals surface area contributed by atoms with Crippen molar-refractivity contribution in [2.24, 2.45) is 4.99 Å². The molecule has 4 rings (SSSR count). The monoisotopic (exact) mass is 436 g/mol. The van der Waals surface area contributed by atoms with Gasteiger partial charge in [-0.25, -0.2) is 4.99 Å². The maximum Gasteiger partial charge on any atom is 0.241 e. The average Bonchev–Trinajstić information content (AvgIpc) is 2.72. The SMILES string of the molecule is O=C1C(=O)c2ccccc2C(O)=C1C(=Nc1cccc(Cl)c1)Nc1cccc(Cl)c1. The van der Waals surface area contributed by atoms with Crippen LogP contribution in [0.5, 0.6) is 0 Å². The van der Waals surface area contributed by atoms with Gasteiger partial charge in [0.2, 0.25) is 11.6 Å². The molecule has 3 aromatic rings. The molecule has 0 radical (unpaired) electrons. The van der Waals surface area contributed by atoms with Crippen LogP contribution in [0.4, 0.5) is 11.4 Å². The normalized spacial score (nSPS) is 14.0. The Labute approximate surface area is 182 Å². The summed E-state index contributed by atoms with van der Waals surface area (Å²) in [6.45, 7) is 0. The second kappa shape index (κ2) is 8.14. The van der Waals surface area contributed by atoms with Crippen molar-refractivity contribution < 1.29 is 14.7 Å². The van der Waals surface area contributed by atoms with Crippen LogP contribution in [0.25, 0.3) is 5.76 Å². The van der Waals surface area contributed by atoms with E-state index in [1.54, 1.807) is 66.7 Å². The molecular weight excluding hydrogens is 423 g/mol. The highest BCUT2D eigenvalue weighted by Crippen LogP contribution is 2.30. The standard InChI is InChI=1S/C23H14Cl2N2O3/c24-13-5-3-7-15(11-13)26-23(27-16-8-4-6-14(25)12-16)19-20(28)17-9-1-2-10-18(17)21(29)22(19)30/h1-12,28H,(H,26,27). The molecule has 0 amide bonds. The maximum absolute atomic E-state index is 12.9. The molecule has 0 bridgehead atoms. The van der Waals surface area contributed by atoms with Gasteiger partial charge in [-0.3, -0.25) is 9.59 Å². The first-order valence-corrected chi connectivity index (χ1v) is 9.68. The lowest BCUT2D eigenvalue weighted by Gasteiger charge is -2.20. The van der Waals surface area contributed by atoms with Gasteiger partial charge >= 0.3 is 0 Å². The zero-order chi connectivity index (χ0) is 21.3. The van der Waals surface area contributed by atoms with Gasteiger partial charge in [0.25, 0.3) is 0 Å². The van der Waals surface area contributed by atoms with Gasteiger partial charge < -0.3 is 10.4 Å². The van der Waals surface area contributed by atoms with E-state index in [1.807, 2.05) is 0 Å². The summed E-state index contributed by atoms with van der Waals surface area (Å²) in [5.41, 5.74) is 1.16. The fourth-order valence-corrected chi connectivity index (χ4v) is 3.48. The lowest BCUT2D eigenvalue weighted by atomic mass is 9.88.